The van der Waals surface area contributed by atoms with Crippen molar-refractivity contribution in [1.29, 1.82) is 0 Å². The van der Waals surface area contributed by atoms with Crippen LogP contribution >= 0.6 is 27.5 Å². The van der Waals surface area contributed by atoms with Gasteiger partial charge in [-0.15, -0.1) is 0 Å². The van der Waals surface area contributed by atoms with Gasteiger partial charge in [-0.05, 0) is 41.5 Å². The van der Waals surface area contributed by atoms with E-state index in [-0.39, 0.29) is 5.56 Å². The Labute approximate surface area is 182 Å². The fourth-order valence-electron chi connectivity index (χ4n) is 2.70. The summed E-state index contributed by atoms with van der Waals surface area (Å²) in [6, 6.07) is 18.1. The molecule has 29 heavy (non-hydrogen) atoms. The van der Waals surface area contributed by atoms with Crippen LogP contribution in [0, 0.1) is 0 Å². The van der Waals surface area contributed by atoms with Crippen LogP contribution in [0.5, 0.6) is 11.5 Å². The van der Waals surface area contributed by atoms with E-state index in [1.807, 2.05) is 42.5 Å². The standard InChI is InChI=1S/C22H19BrClNO4/c1-28-20-10-16(12-25-19-9-15(22(26)27)7-8-18(19)24)17(23)11-21(20)29-13-14-5-3-2-4-6-14/h2-11,25H,12-13H2,1H3,(H,26,27). The summed E-state index contributed by atoms with van der Waals surface area (Å²) in [6.45, 7) is 0.845. The number of carboxylic acid groups (broad SMARTS) is 1. The van der Waals surface area contributed by atoms with Crippen molar-refractivity contribution < 1.29 is 19.4 Å². The minimum Gasteiger partial charge on any atom is -0.493 e. The van der Waals surface area contributed by atoms with Gasteiger partial charge in [-0.25, -0.2) is 4.79 Å². The fraction of sp³-hybridized carbons (Fsp3) is 0.136. The number of benzene rings is 3. The first-order chi connectivity index (χ1) is 14.0. The zero-order chi connectivity index (χ0) is 20.8. The van der Waals surface area contributed by atoms with Crippen molar-refractivity contribution in [2.45, 2.75) is 13.2 Å². The lowest BCUT2D eigenvalue weighted by molar-refractivity contribution is 0.0697. The molecule has 5 nitrogen and oxygen atoms in total. The number of methoxy groups -OCH3 is 1. The summed E-state index contributed by atoms with van der Waals surface area (Å²) in [7, 11) is 1.59. The van der Waals surface area contributed by atoms with Crippen molar-refractivity contribution in [3.05, 3.63) is 86.8 Å². The number of anilines is 1. The van der Waals surface area contributed by atoms with Crippen molar-refractivity contribution in [2.75, 3.05) is 12.4 Å². The quantitative estimate of drug-likeness (QED) is 0.417. The van der Waals surface area contributed by atoms with Crippen molar-refractivity contribution in [1.82, 2.24) is 0 Å². The third kappa shape index (κ3) is 5.43. The summed E-state index contributed by atoms with van der Waals surface area (Å²) in [6.07, 6.45) is 0. The Balaban J connectivity index is 1.75. The monoisotopic (exact) mass is 475 g/mol. The number of nitrogens with one attached hydrogen (secondary N) is 1. The molecule has 0 spiro atoms. The summed E-state index contributed by atoms with van der Waals surface area (Å²) >= 11 is 9.74. The second-order valence-electron chi connectivity index (χ2n) is 6.22. The van der Waals surface area contributed by atoms with Gasteiger partial charge in [0, 0.05) is 11.0 Å². The maximum atomic E-state index is 11.2. The number of hydrogen-bond donors (Lipinski definition) is 2. The second kappa shape index (κ2) is 9.67. The molecule has 0 bridgehead atoms. The van der Waals surface area contributed by atoms with Crippen molar-refractivity contribution >= 4 is 39.2 Å². The number of ether oxygens (including phenoxy) is 2. The zero-order valence-electron chi connectivity index (χ0n) is 15.6. The lowest BCUT2D eigenvalue weighted by Crippen LogP contribution is -2.05. The van der Waals surface area contributed by atoms with Crippen LogP contribution in [0.25, 0.3) is 0 Å². The van der Waals surface area contributed by atoms with E-state index in [1.165, 1.54) is 12.1 Å². The van der Waals surface area contributed by atoms with Gasteiger partial charge in [0.1, 0.15) is 6.61 Å². The number of halogens is 2. The predicted octanol–water partition coefficient (Wildman–Crippen LogP) is 6.00. The first-order valence-electron chi connectivity index (χ1n) is 8.77. The number of hydrogen-bond acceptors (Lipinski definition) is 4. The topological polar surface area (TPSA) is 67.8 Å². The average molecular weight is 477 g/mol. The molecule has 3 aromatic rings. The fourth-order valence-corrected chi connectivity index (χ4v) is 3.35. The van der Waals surface area contributed by atoms with E-state index in [1.54, 1.807) is 13.2 Å². The van der Waals surface area contributed by atoms with Crippen LogP contribution in [-0.2, 0) is 13.2 Å². The van der Waals surface area contributed by atoms with Crippen LogP contribution < -0.4 is 14.8 Å². The Hall–Kier alpha value is -2.70. The minimum atomic E-state index is -1.01. The molecule has 2 N–H and O–H groups in total. The van der Waals surface area contributed by atoms with E-state index in [2.05, 4.69) is 21.2 Å². The number of carbonyl (C=O) groups is 1. The summed E-state index contributed by atoms with van der Waals surface area (Å²) in [4.78, 5) is 11.2. The molecule has 0 saturated heterocycles. The van der Waals surface area contributed by atoms with Gasteiger partial charge in [0.15, 0.2) is 11.5 Å². The van der Waals surface area contributed by atoms with Gasteiger partial charge in [0.2, 0.25) is 0 Å². The van der Waals surface area contributed by atoms with E-state index < -0.39 is 5.97 Å². The van der Waals surface area contributed by atoms with Crippen LogP contribution in [-0.4, -0.2) is 18.2 Å². The molecule has 0 aliphatic rings. The highest BCUT2D eigenvalue weighted by molar-refractivity contribution is 9.10. The predicted molar refractivity (Wildman–Crippen MR) is 117 cm³/mol. The summed E-state index contributed by atoms with van der Waals surface area (Å²) < 4.78 is 12.2. The average Bonchev–Trinajstić information content (AvgIpc) is 2.73. The highest BCUT2D eigenvalue weighted by Crippen LogP contribution is 2.35. The molecule has 7 heteroatoms. The van der Waals surface area contributed by atoms with Crippen molar-refractivity contribution in [3.8, 4) is 11.5 Å². The van der Waals surface area contributed by atoms with Crippen LogP contribution in [0.2, 0.25) is 5.02 Å². The van der Waals surface area contributed by atoms with Gasteiger partial charge in [0.05, 0.1) is 23.4 Å². The van der Waals surface area contributed by atoms with E-state index >= 15 is 0 Å². The molecule has 0 unspecified atom stereocenters. The van der Waals surface area contributed by atoms with Crippen LogP contribution in [0.3, 0.4) is 0 Å². The van der Waals surface area contributed by atoms with E-state index in [9.17, 15) is 4.79 Å². The van der Waals surface area contributed by atoms with Crippen molar-refractivity contribution in [2.24, 2.45) is 0 Å². The molecule has 0 radical (unpaired) electrons. The minimum absolute atomic E-state index is 0.165. The Morgan fingerprint density at radius 1 is 1.10 bits per heavy atom. The molecule has 0 aromatic heterocycles. The van der Waals surface area contributed by atoms with E-state index in [0.29, 0.717) is 35.4 Å². The Kier molecular flexibility index (Phi) is 7.01. The molecule has 150 valence electrons. The summed E-state index contributed by atoms with van der Waals surface area (Å²) in [5.41, 5.74) is 2.68. The molecule has 0 saturated carbocycles. The molecule has 0 amide bonds. The van der Waals surface area contributed by atoms with Gasteiger partial charge in [-0.1, -0.05) is 57.9 Å². The first kappa shape index (κ1) is 21.0. The molecule has 0 aliphatic carbocycles. The number of carboxylic acids is 1. The molecule has 0 aliphatic heterocycles. The Morgan fingerprint density at radius 2 is 1.86 bits per heavy atom. The highest BCUT2D eigenvalue weighted by atomic mass is 79.9. The normalized spacial score (nSPS) is 10.4. The van der Waals surface area contributed by atoms with Gasteiger partial charge in [-0.2, -0.15) is 0 Å². The third-order valence-electron chi connectivity index (χ3n) is 4.25. The maximum Gasteiger partial charge on any atom is 0.335 e. The first-order valence-corrected chi connectivity index (χ1v) is 9.95. The van der Waals surface area contributed by atoms with Gasteiger partial charge in [-0.3, -0.25) is 0 Å². The van der Waals surface area contributed by atoms with Gasteiger partial charge in [0.25, 0.3) is 0 Å². The van der Waals surface area contributed by atoms with Gasteiger partial charge >= 0.3 is 5.97 Å². The van der Waals surface area contributed by atoms with E-state index in [0.717, 1.165) is 15.6 Å². The number of rotatable bonds is 8. The molecular formula is C22H19BrClNO4. The van der Waals surface area contributed by atoms with Crippen LogP contribution in [0.15, 0.2) is 65.1 Å². The SMILES string of the molecule is COc1cc(CNc2cc(C(=O)O)ccc2Cl)c(Br)cc1OCc1ccccc1. The molecule has 3 rings (SSSR count). The molecular weight excluding hydrogens is 458 g/mol. The van der Waals surface area contributed by atoms with Gasteiger partial charge < -0.3 is 19.9 Å². The molecule has 0 fully saturated rings. The lowest BCUT2D eigenvalue weighted by atomic mass is 10.1. The second-order valence-corrected chi connectivity index (χ2v) is 7.48. The summed E-state index contributed by atoms with van der Waals surface area (Å²) in [5, 5.41) is 12.8. The molecule has 0 heterocycles. The Bertz CT molecular complexity index is 1010. The molecule has 0 atom stereocenters. The van der Waals surface area contributed by atoms with Crippen LogP contribution in [0.4, 0.5) is 5.69 Å². The van der Waals surface area contributed by atoms with Crippen LogP contribution in [0.1, 0.15) is 21.5 Å². The summed E-state index contributed by atoms with van der Waals surface area (Å²) in [5.74, 6) is 0.219. The van der Waals surface area contributed by atoms with Crippen molar-refractivity contribution in [3.63, 3.8) is 0 Å². The maximum absolute atomic E-state index is 11.2. The largest absolute Gasteiger partial charge is 0.493 e. The lowest BCUT2D eigenvalue weighted by Gasteiger charge is -2.15. The van der Waals surface area contributed by atoms with E-state index in [4.69, 9.17) is 26.2 Å². The number of aromatic carboxylic acids is 1. The zero-order valence-corrected chi connectivity index (χ0v) is 18.0. The smallest absolute Gasteiger partial charge is 0.335 e. The Morgan fingerprint density at radius 3 is 2.55 bits per heavy atom. The third-order valence-corrected chi connectivity index (χ3v) is 5.32. The highest BCUT2D eigenvalue weighted by Gasteiger charge is 2.12. The molecule has 3 aromatic carbocycles.